The van der Waals surface area contributed by atoms with Crippen molar-refractivity contribution in [3.63, 3.8) is 0 Å². The van der Waals surface area contributed by atoms with Gasteiger partial charge in [-0.2, -0.15) is 0 Å². The molecule has 0 bridgehead atoms. The summed E-state index contributed by atoms with van der Waals surface area (Å²) in [6.45, 7) is 2.26. The van der Waals surface area contributed by atoms with Crippen LogP contribution in [0.2, 0.25) is 0 Å². The van der Waals surface area contributed by atoms with Crippen LogP contribution in [0.5, 0.6) is 0 Å². The van der Waals surface area contributed by atoms with Gasteiger partial charge in [-0.15, -0.1) is 6.42 Å². The first-order valence-corrected chi connectivity index (χ1v) is 9.37. The molecule has 2 N–H and O–H groups in total. The van der Waals surface area contributed by atoms with Crippen molar-refractivity contribution in [1.29, 1.82) is 0 Å². The molecule has 22 heavy (non-hydrogen) atoms. The van der Waals surface area contributed by atoms with Crippen LogP contribution in [0, 0.1) is 47.3 Å². The Bertz CT molecular complexity index is 494. The van der Waals surface area contributed by atoms with Crippen molar-refractivity contribution in [2.24, 2.45) is 35.0 Å². The Morgan fingerprint density at radius 3 is 2.50 bits per heavy atom. The van der Waals surface area contributed by atoms with Crippen LogP contribution in [-0.2, 0) is 0 Å². The molecule has 4 rings (SSSR count). The molecule has 4 aliphatic carbocycles. The minimum absolute atomic E-state index is 0.0512. The first-order valence-electron chi connectivity index (χ1n) is 9.37. The van der Waals surface area contributed by atoms with E-state index < -0.39 is 5.60 Å². The lowest BCUT2D eigenvalue weighted by molar-refractivity contribution is -0.111. The Balaban J connectivity index is 1.60. The van der Waals surface area contributed by atoms with Crippen LogP contribution in [0.25, 0.3) is 0 Å². The van der Waals surface area contributed by atoms with E-state index in [1.807, 2.05) is 0 Å². The average Bonchev–Trinajstić information content (AvgIpc) is 2.79. The molecule has 0 spiro atoms. The van der Waals surface area contributed by atoms with Crippen molar-refractivity contribution in [3.05, 3.63) is 0 Å². The molecule has 0 aromatic heterocycles. The van der Waals surface area contributed by atoms with E-state index in [0.717, 1.165) is 55.8 Å². The lowest BCUT2D eigenvalue weighted by Crippen LogP contribution is -2.53. The van der Waals surface area contributed by atoms with Gasteiger partial charge in [-0.1, -0.05) is 12.8 Å². The van der Waals surface area contributed by atoms with Gasteiger partial charge < -0.3 is 10.2 Å². The maximum absolute atomic E-state index is 10.9. The maximum atomic E-state index is 10.9. The third-order valence-electron chi connectivity index (χ3n) is 8.32. The molecule has 0 aliphatic heterocycles. The largest absolute Gasteiger partial charge is 0.393 e. The average molecular weight is 302 g/mol. The van der Waals surface area contributed by atoms with Gasteiger partial charge in [0.1, 0.15) is 5.60 Å². The Kier molecular flexibility index (Phi) is 3.41. The van der Waals surface area contributed by atoms with Crippen LogP contribution in [0.1, 0.15) is 64.7 Å². The van der Waals surface area contributed by atoms with Gasteiger partial charge in [-0.3, -0.25) is 0 Å². The highest BCUT2D eigenvalue weighted by atomic mass is 16.3. The summed E-state index contributed by atoms with van der Waals surface area (Å²) in [5.41, 5.74) is -0.938. The fraction of sp³-hybridized carbons (Fsp3) is 0.900. The summed E-state index contributed by atoms with van der Waals surface area (Å²) in [6, 6.07) is 0. The van der Waals surface area contributed by atoms with Crippen LogP contribution in [0.3, 0.4) is 0 Å². The van der Waals surface area contributed by atoms with Crippen molar-refractivity contribution in [2.75, 3.05) is 0 Å². The van der Waals surface area contributed by atoms with Crippen LogP contribution in [0.15, 0.2) is 0 Å². The summed E-state index contributed by atoms with van der Waals surface area (Å²) in [4.78, 5) is 0. The first-order chi connectivity index (χ1) is 10.5. The Morgan fingerprint density at radius 1 is 0.955 bits per heavy atom. The quantitative estimate of drug-likeness (QED) is 0.674. The minimum Gasteiger partial charge on any atom is -0.393 e. The van der Waals surface area contributed by atoms with E-state index in [0.29, 0.717) is 5.92 Å². The number of aliphatic hydroxyl groups is 2. The minimum atomic E-state index is -0.873. The highest BCUT2D eigenvalue weighted by Gasteiger charge is 2.62. The normalized spacial score (nSPS) is 57.4. The topological polar surface area (TPSA) is 40.5 Å². The molecule has 0 unspecified atom stereocenters. The van der Waals surface area contributed by atoms with Crippen LogP contribution < -0.4 is 0 Å². The van der Waals surface area contributed by atoms with E-state index in [9.17, 15) is 10.2 Å². The number of aliphatic hydroxyl groups excluding tert-OH is 1. The second-order valence-corrected chi connectivity index (χ2v) is 8.90. The number of terminal acetylenes is 1. The molecule has 0 saturated heterocycles. The Labute approximate surface area is 134 Å². The van der Waals surface area contributed by atoms with Gasteiger partial charge in [0.25, 0.3) is 0 Å². The lowest BCUT2D eigenvalue weighted by atomic mass is 9.49. The SMILES string of the molecule is C#C[C@]1(O)CC[C@@H]2[C@@H]3CC[C@@H]4C[C@H](O)CC[C@@H]4[C@H]3CC[C@]21C. The Morgan fingerprint density at radius 2 is 1.73 bits per heavy atom. The van der Waals surface area contributed by atoms with E-state index in [-0.39, 0.29) is 11.5 Å². The summed E-state index contributed by atoms with van der Waals surface area (Å²) < 4.78 is 0. The molecule has 0 heterocycles. The molecule has 2 heteroatoms. The molecule has 0 amide bonds. The first kappa shape index (κ1) is 15.0. The molecular formula is C20H30O2. The van der Waals surface area contributed by atoms with Crippen LogP contribution in [0.4, 0.5) is 0 Å². The standard InChI is InChI=1S/C20H30O2/c1-3-20(22)11-9-18-17-6-4-13-12-14(21)5-7-15(13)16(17)8-10-19(18,20)2/h1,13-18,21-22H,4-12H2,2H3/t13-,14-,15+,16-,17-,18-,19-,20+/m1/s1. The molecule has 0 radical (unpaired) electrons. The highest BCUT2D eigenvalue weighted by molar-refractivity contribution is 5.23. The zero-order valence-electron chi connectivity index (χ0n) is 13.8. The summed E-state index contributed by atoms with van der Waals surface area (Å²) in [5, 5.41) is 20.9. The van der Waals surface area contributed by atoms with Gasteiger partial charge >= 0.3 is 0 Å². The van der Waals surface area contributed by atoms with Crippen molar-refractivity contribution in [2.45, 2.75) is 76.4 Å². The molecule has 4 aliphatic rings. The molecule has 122 valence electrons. The van der Waals surface area contributed by atoms with Gasteiger partial charge in [0, 0.05) is 5.41 Å². The van der Waals surface area contributed by atoms with Crippen molar-refractivity contribution in [1.82, 2.24) is 0 Å². The molecular weight excluding hydrogens is 272 g/mol. The molecule has 0 aromatic rings. The summed E-state index contributed by atoms with van der Waals surface area (Å²) >= 11 is 0. The third-order valence-corrected chi connectivity index (χ3v) is 8.32. The van der Waals surface area contributed by atoms with Crippen LogP contribution >= 0.6 is 0 Å². The third kappa shape index (κ3) is 1.88. The van der Waals surface area contributed by atoms with E-state index in [1.54, 1.807) is 0 Å². The maximum Gasteiger partial charge on any atom is 0.130 e. The fourth-order valence-electron chi connectivity index (χ4n) is 7.08. The number of hydrogen-bond donors (Lipinski definition) is 2. The summed E-state index contributed by atoms with van der Waals surface area (Å²) in [7, 11) is 0. The molecule has 2 nitrogen and oxygen atoms in total. The van der Waals surface area contributed by atoms with Gasteiger partial charge in [0.05, 0.1) is 6.10 Å². The van der Waals surface area contributed by atoms with Crippen molar-refractivity contribution >= 4 is 0 Å². The van der Waals surface area contributed by atoms with E-state index >= 15 is 0 Å². The van der Waals surface area contributed by atoms with E-state index in [1.165, 1.54) is 25.7 Å². The predicted molar refractivity (Wildman–Crippen MR) is 86.9 cm³/mol. The van der Waals surface area contributed by atoms with E-state index in [2.05, 4.69) is 12.8 Å². The monoisotopic (exact) mass is 302 g/mol. The van der Waals surface area contributed by atoms with Crippen molar-refractivity contribution in [3.8, 4) is 12.3 Å². The number of hydrogen-bond acceptors (Lipinski definition) is 2. The van der Waals surface area contributed by atoms with Gasteiger partial charge in [-0.25, -0.2) is 0 Å². The van der Waals surface area contributed by atoms with Gasteiger partial charge in [0.15, 0.2) is 0 Å². The molecule has 4 saturated carbocycles. The zero-order valence-corrected chi connectivity index (χ0v) is 13.8. The van der Waals surface area contributed by atoms with Gasteiger partial charge in [0.2, 0.25) is 0 Å². The molecule has 8 atom stereocenters. The van der Waals surface area contributed by atoms with Crippen LogP contribution in [-0.4, -0.2) is 21.9 Å². The van der Waals surface area contributed by atoms with Crippen molar-refractivity contribution < 1.29 is 10.2 Å². The van der Waals surface area contributed by atoms with E-state index in [4.69, 9.17) is 6.42 Å². The summed E-state index contributed by atoms with van der Waals surface area (Å²) in [6.07, 6.45) is 15.7. The Hall–Kier alpha value is -0.520. The predicted octanol–water partition coefficient (Wildman–Crippen LogP) is 3.36. The fourth-order valence-corrected chi connectivity index (χ4v) is 7.08. The number of rotatable bonds is 0. The smallest absolute Gasteiger partial charge is 0.130 e. The second kappa shape index (κ2) is 4.99. The highest BCUT2D eigenvalue weighted by Crippen LogP contribution is 2.65. The second-order valence-electron chi connectivity index (χ2n) is 8.90. The summed E-state index contributed by atoms with van der Waals surface area (Å²) in [5.74, 6) is 6.53. The molecule has 4 fully saturated rings. The number of fused-ring (bicyclic) bond motifs is 5. The zero-order chi connectivity index (χ0) is 15.5. The lowest BCUT2D eigenvalue weighted by Gasteiger charge is -2.56. The van der Waals surface area contributed by atoms with Gasteiger partial charge in [-0.05, 0) is 87.4 Å². The molecule has 0 aromatic carbocycles.